The second-order valence-electron chi connectivity index (χ2n) is 6.82. The van der Waals surface area contributed by atoms with E-state index in [9.17, 15) is 4.79 Å². The van der Waals surface area contributed by atoms with Crippen molar-refractivity contribution < 1.29 is 19.0 Å². The van der Waals surface area contributed by atoms with Crippen LogP contribution >= 0.6 is 0 Å². The molecule has 0 aromatic heterocycles. The van der Waals surface area contributed by atoms with Crippen LogP contribution in [0.1, 0.15) is 12.8 Å². The van der Waals surface area contributed by atoms with E-state index in [4.69, 9.17) is 14.2 Å². The fraction of sp³-hybridized carbons (Fsp3) is 0.409. The van der Waals surface area contributed by atoms with Crippen molar-refractivity contribution in [3.05, 3.63) is 54.6 Å². The van der Waals surface area contributed by atoms with Gasteiger partial charge in [-0.3, -0.25) is 0 Å². The third-order valence-corrected chi connectivity index (χ3v) is 4.80. The van der Waals surface area contributed by atoms with Gasteiger partial charge in [0.2, 0.25) is 0 Å². The highest BCUT2D eigenvalue weighted by Crippen LogP contribution is 2.25. The number of nitrogens with one attached hydrogen (secondary N) is 1. The summed E-state index contributed by atoms with van der Waals surface area (Å²) < 4.78 is 16.5. The molecular weight excluding hydrogens is 356 g/mol. The van der Waals surface area contributed by atoms with Gasteiger partial charge in [-0.15, -0.1) is 0 Å². The lowest BCUT2D eigenvalue weighted by molar-refractivity contribution is 0.146. The van der Waals surface area contributed by atoms with Crippen LogP contribution in [0.4, 0.5) is 10.5 Å². The second-order valence-corrected chi connectivity index (χ2v) is 6.82. The largest absolute Gasteiger partial charge is 0.493 e. The first-order chi connectivity index (χ1) is 13.8. The van der Waals surface area contributed by atoms with Gasteiger partial charge in [0.15, 0.2) is 0 Å². The van der Waals surface area contributed by atoms with Crippen molar-refractivity contribution in [2.24, 2.45) is 5.92 Å². The van der Waals surface area contributed by atoms with Gasteiger partial charge in [-0.25, -0.2) is 4.79 Å². The maximum atomic E-state index is 12.6. The molecule has 1 aliphatic rings. The van der Waals surface area contributed by atoms with Crippen LogP contribution in [-0.2, 0) is 4.74 Å². The molecule has 28 heavy (non-hydrogen) atoms. The third-order valence-electron chi connectivity index (χ3n) is 4.80. The molecule has 6 nitrogen and oxygen atoms in total. The first-order valence-electron chi connectivity index (χ1n) is 9.71. The molecular formula is C22H28N2O4. The Kier molecular flexibility index (Phi) is 7.55. The topological polar surface area (TPSA) is 60.0 Å². The Balaban J connectivity index is 1.45. The average molecular weight is 384 g/mol. The molecule has 1 saturated heterocycles. The van der Waals surface area contributed by atoms with Crippen LogP contribution in [0.3, 0.4) is 0 Å². The van der Waals surface area contributed by atoms with Gasteiger partial charge < -0.3 is 24.4 Å². The summed E-state index contributed by atoms with van der Waals surface area (Å²) in [6, 6.07) is 17.2. The third kappa shape index (κ3) is 5.89. The maximum absolute atomic E-state index is 12.6. The number of para-hydroxylation sites is 3. The molecule has 0 radical (unpaired) electrons. The number of rotatable bonds is 8. The molecule has 3 rings (SSSR count). The summed E-state index contributed by atoms with van der Waals surface area (Å²) in [6.07, 6.45) is 1.87. The first-order valence-corrected chi connectivity index (χ1v) is 9.71. The van der Waals surface area contributed by atoms with Gasteiger partial charge in [0.25, 0.3) is 0 Å². The van der Waals surface area contributed by atoms with Crippen LogP contribution in [0.2, 0.25) is 0 Å². The molecule has 0 aliphatic carbocycles. The smallest absolute Gasteiger partial charge is 0.321 e. The Labute approximate surface area is 166 Å². The number of urea groups is 1. The van der Waals surface area contributed by atoms with E-state index < -0.39 is 0 Å². The van der Waals surface area contributed by atoms with E-state index in [1.54, 1.807) is 7.11 Å². The molecule has 0 atom stereocenters. The van der Waals surface area contributed by atoms with Crippen molar-refractivity contribution in [1.29, 1.82) is 0 Å². The van der Waals surface area contributed by atoms with Gasteiger partial charge in [-0.05, 0) is 43.0 Å². The Hall–Kier alpha value is -2.73. The zero-order valence-electron chi connectivity index (χ0n) is 16.3. The summed E-state index contributed by atoms with van der Waals surface area (Å²) in [4.78, 5) is 14.5. The lowest BCUT2D eigenvalue weighted by Crippen LogP contribution is -2.42. The molecule has 6 heteroatoms. The minimum Gasteiger partial charge on any atom is -0.493 e. The van der Waals surface area contributed by atoms with E-state index in [2.05, 4.69) is 5.32 Å². The second kappa shape index (κ2) is 10.6. The Morgan fingerprint density at radius 3 is 2.46 bits per heavy atom. The molecule has 150 valence electrons. The number of likely N-dealkylation sites (tertiary alicyclic amines) is 1. The van der Waals surface area contributed by atoms with Gasteiger partial charge in [0.1, 0.15) is 18.1 Å². The number of carbonyl (C=O) groups is 1. The number of anilines is 1. The van der Waals surface area contributed by atoms with Crippen molar-refractivity contribution in [2.75, 3.05) is 45.3 Å². The number of benzene rings is 2. The van der Waals surface area contributed by atoms with Gasteiger partial charge in [-0.2, -0.15) is 0 Å². The van der Waals surface area contributed by atoms with E-state index in [0.29, 0.717) is 37.2 Å². The normalized spacial score (nSPS) is 14.5. The van der Waals surface area contributed by atoms with Gasteiger partial charge >= 0.3 is 6.03 Å². The van der Waals surface area contributed by atoms with Crippen molar-refractivity contribution >= 4 is 11.7 Å². The van der Waals surface area contributed by atoms with E-state index in [-0.39, 0.29) is 6.03 Å². The highest BCUT2D eigenvalue weighted by Gasteiger charge is 2.23. The zero-order valence-corrected chi connectivity index (χ0v) is 16.3. The van der Waals surface area contributed by atoms with Crippen LogP contribution in [0.25, 0.3) is 0 Å². The van der Waals surface area contributed by atoms with Gasteiger partial charge in [0.05, 0.1) is 18.9 Å². The van der Waals surface area contributed by atoms with Crippen LogP contribution in [-0.4, -0.2) is 51.0 Å². The average Bonchev–Trinajstić information content (AvgIpc) is 2.75. The monoisotopic (exact) mass is 384 g/mol. The number of nitrogens with zero attached hydrogens (tertiary/aromatic N) is 1. The number of hydrogen-bond donors (Lipinski definition) is 1. The van der Waals surface area contributed by atoms with Crippen LogP contribution in [0.15, 0.2) is 54.6 Å². The minimum absolute atomic E-state index is 0.0924. The molecule has 2 aromatic rings. The summed E-state index contributed by atoms with van der Waals surface area (Å²) >= 11 is 0. The first kappa shape index (κ1) is 20.0. The van der Waals surface area contributed by atoms with Crippen molar-refractivity contribution in [3.63, 3.8) is 0 Å². The predicted octanol–water partition coefficient (Wildman–Crippen LogP) is 4.03. The predicted molar refractivity (Wildman–Crippen MR) is 109 cm³/mol. The molecule has 1 aliphatic heterocycles. The zero-order chi connectivity index (χ0) is 19.6. The molecule has 2 amide bonds. The fourth-order valence-electron chi connectivity index (χ4n) is 3.16. The quantitative estimate of drug-likeness (QED) is 0.698. The summed E-state index contributed by atoms with van der Waals surface area (Å²) in [5.74, 6) is 2.01. The molecule has 1 fully saturated rings. The number of methoxy groups -OCH3 is 1. The summed E-state index contributed by atoms with van der Waals surface area (Å²) in [5.41, 5.74) is 0.679. The van der Waals surface area contributed by atoms with Gasteiger partial charge in [0, 0.05) is 20.2 Å². The molecule has 0 spiro atoms. The Morgan fingerprint density at radius 1 is 1.00 bits per heavy atom. The number of amides is 2. The fourth-order valence-corrected chi connectivity index (χ4v) is 3.16. The number of hydrogen-bond acceptors (Lipinski definition) is 4. The molecule has 2 aromatic carbocycles. The summed E-state index contributed by atoms with van der Waals surface area (Å²) in [5, 5.41) is 2.97. The van der Waals surface area contributed by atoms with E-state index >= 15 is 0 Å². The van der Waals surface area contributed by atoms with Crippen molar-refractivity contribution in [3.8, 4) is 11.5 Å². The molecule has 0 saturated carbocycles. The summed E-state index contributed by atoms with van der Waals surface area (Å²) in [7, 11) is 1.63. The lowest BCUT2D eigenvalue weighted by Gasteiger charge is -2.32. The SMILES string of the molecule is COCCOc1ccccc1NC(=O)N1CCC(COc2ccccc2)CC1. The molecule has 0 bridgehead atoms. The van der Waals surface area contributed by atoms with Crippen molar-refractivity contribution in [2.45, 2.75) is 12.8 Å². The molecule has 1 heterocycles. The van der Waals surface area contributed by atoms with E-state index in [1.807, 2.05) is 59.5 Å². The Bertz CT molecular complexity index is 730. The standard InChI is InChI=1S/C22H28N2O4/c1-26-15-16-27-21-10-6-5-9-20(21)23-22(25)24-13-11-18(12-14-24)17-28-19-7-3-2-4-8-19/h2-10,18H,11-17H2,1H3,(H,23,25). The number of piperidine rings is 1. The van der Waals surface area contributed by atoms with E-state index in [1.165, 1.54) is 0 Å². The van der Waals surface area contributed by atoms with Crippen LogP contribution in [0.5, 0.6) is 11.5 Å². The Morgan fingerprint density at radius 2 is 1.71 bits per heavy atom. The maximum Gasteiger partial charge on any atom is 0.321 e. The van der Waals surface area contributed by atoms with Crippen LogP contribution < -0.4 is 14.8 Å². The van der Waals surface area contributed by atoms with Crippen LogP contribution in [0, 0.1) is 5.92 Å². The van der Waals surface area contributed by atoms with E-state index in [0.717, 1.165) is 31.7 Å². The molecule has 1 N–H and O–H groups in total. The highest BCUT2D eigenvalue weighted by atomic mass is 16.5. The van der Waals surface area contributed by atoms with Crippen molar-refractivity contribution in [1.82, 2.24) is 4.90 Å². The number of carbonyl (C=O) groups excluding carboxylic acids is 1. The van der Waals surface area contributed by atoms with Gasteiger partial charge in [-0.1, -0.05) is 30.3 Å². The lowest BCUT2D eigenvalue weighted by atomic mass is 9.98. The summed E-state index contributed by atoms with van der Waals surface area (Å²) in [6.45, 7) is 3.08. The highest BCUT2D eigenvalue weighted by molar-refractivity contribution is 5.91. The minimum atomic E-state index is -0.0924. The number of ether oxygens (including phenoxy) is 3. The molecule has 0 unspecified atom stereocenters.